The van der Waals surface area contributed by atoms with Gasteiger partial charge in [-0.25, -0.2) is 0 Å². The zero-order valence-electron chi connectivity index (χ0n) is 34.8. The van der Waals surface area contributed by atoms with Gasteiger partial charge in [0.05, 0.1) is 6.10 Å². The van der Waals surface area contributed by atoms with Crippen LogP contribution in [-0.4, -0.2) is 6.10 Å². The average Bonchev–Trinajstić information content (AvgIpc) is 3.19. The summed E-state index contributed by atoms with van der Waals surface area (Å²) in [4.78, 5) is 0. The van der Waals surface area contributed by atoms with E-state index in [0.717, 1.165) is 33.8 Å². The minimum absolute atomic E-state index is 0.115. The number of hydrogen-bond acceptors (Lipinski definition) is 3. The van der Waals surface area contributed by atoms with Crippen LogP contribution in [0.5, 0.6) is 11.5 Å². The van der Waals surface area contributed by atoms with Crippen molar-refractivity contribution in [2.45, 2.75) is 103 Å². The molecule has 0 aliphatic carbocycles. The van der Waals surface area contributed by atoms with E-state index in [2.05, 4.69) is 215 Å². The molecule has 4 heteroatoms. The molecule has 0 N–H and O–H groups in total. The Morgan fingerprint density at radius 2 is 0.732 bits per heavy atom. The van der Waals surface area contributed by atoms with E-state index in [0.29, 0.717) is 6.42 Å². The lowest BCUT2D eigenvalue weighted by Crippen LogP contribution is -2.27. The van der Waals surface area contributed by atoms with E-state index in [1.165, 1.54) is 33.4 Å². The van der Waals surface area contributed by atoms with Crippen molar-refractivity contribution in [1.82, 2.24) is 0 Å². The summed E-state index contributed by atoms with van der Waals surface area (Å²) >= 11 is 0. The largest absolute Gasteiger partial charge is 0.463 e. The van der Waals surface area contributed by atoms with Crippen LogP contribution >= 0.6 is 8.60 Å². The second-order valence-corrected chi connectivity index (χ2v) is 18.7. The highest BCUT2D eigenvalue weighted by Gasteiger charge is 2.39. The van der Waals surface area contributed by atoms with E-state index in [-0.39, 0.29) is 16.9 Å². The second-order valence-electron chi connectivity index (χ2n) is 17.7. The normalized spacial score (nSPS) is 13.9. The molecule has 0 saturated carbocycles. The van der Waals surface area contributed by atoms with Crippen LogP contribution in [0, 0.1) is 0 Å². The summed E-state index contributed by atoms with van der Waals surface area (Å²) in [7, 11) is -1.86. The molecule has 6 aromatic rings. The van der Waals surface area contributed by atoms with Crippen LogP contribution in [0.1, 0.15) is 125 Å². The summed E-state index contributed by atoms with van der Waals surface area (Å²) in [6, 6.07) is 52.8. The molecule has 0 atom stereocenters. The van der Waals surface area contributed by atoms with Gasteiger partial charge >= 0.3 is 8.60 Å². The summed E-state index contributed by atoms with van der Waals surface area (Å²) in [5, 5.41) is 0. The fraction of sp³-hybridized carbons (Fsp3) is 0.308. The molecule has 288 valence electrons. The molecule has 1 aliphatic heterocycles. The van der Waals surface area contributed by atoms with Gasteiger partial charge in [0, 0.05) is 39.2 Å². The lowest BCUT2D eigenvalue weighted by molar-refractivity contribution is 0.207. The Hall–Kier alpha value is -4.69. The predicted octanol–water partition coefficient (Wildman–Crippen LogP) is 14.0. The zero-order chi connectivity index (χ0) is 39.9. The Bertz CT molecular complexity index is 2120. The molecule has 0 spiro atoms. The molecular formula is C52H57O3P. The van der Waals surface area contributed by atoms with Gasteiger partial charge in [0.1, 0.15) is 11.5 Å². The van der Waals surface area contributed by atoms with Gasteiger partial charge in [0.25, 0.3) is 0 Å². The van der Waals surface area contributed by atoms with Gasteiger partial charge in [-0.2, -0.15) is 0 Å². The van der Waals surface area contributed by atoms with Gasteiger partial charge in [0.15, 0.2) is 0 Å². The van der Waals surface area contributed by atoms with E-state index >= 15 is 0 Å². The van der Waals surface area contributed by atoms with Gasteiger partial charge in [-0.05, 0) is 58.4 Å². The fourth-order valence-electron chi connectivity index (χ4n) is 8.16. The summed E-state index contributed by atoms with van der Waals surface area (Å²) in [5.74, 6) is 1.70. The van der Waals surface area contributed by atoms with Gasteiger partial charge < -0.3 is 9.05 Å². The third kappa shape index (κ3) is 7.57. The van der Waals surface area contributed by atoms with E-state index < -0.39 is 19.4 Å². The maximum atomic E-state index is 7.18. The zero-order valence-corrected chi connectivity index (χ0v) is 35.7. The van der Waals surface area contributed by atoms with Crippen molar-refractivity contribution in [3.63, 3.8) is 0 Å². The molecule has 3 nitrogen and oxygen atoms in total. The Kier molecular flexibility index (Phi) is 10.8. The fourth-order valence-corrected chi connectivity index (χ4v) is 9.35. The van der Waals surface area contributed by atoms with Gasteiger partial charge in [-0.15, -0.1) is 0 Å². The lowest BCUT2D eigenvalue weighted by atomic mass is 9.70. The van der Waals surface area contributed by atoms with Crippen LogP contribution < -0.4 is 9.05 Å². The first-order valence-corrected chi connectivity index (χ1v) is 21.1. The van der Waals surface area contributed by atoms with Crippen LogP contribution in [0.2, 0.25) is 0 Å². The van der Waals surface area contributed by atoms with E-state index in [1.54, 1.807) is 0 Å². The summed E-state index contributed by atoms with van der Waals surface area (Å²) < 4.78 is 21.0. The molecule has 0 saturated heterocycles. The van der Waals surface area contributed by atoms with Crippen LogP contribution in [0.15, 0.2) is 146 Å². The quantitative estimate of drug-likeness (QED) is 0.130. The molecule has 0 bridgehead atoms. The molecule has 6 aromatic carbocycles. The van der Waals surface area contributed by atoms with Crippen LogP contribution in [0.25, 0.3) is 0 Å². The Morgan fingerprint density at radius 1 is 0.429 bits per heavy atom. The van der Waals surface area contributed by atoms with Gasteiger partial charge in [0.2, 0.25) is 0 Å². The molecule has 0 radical (unpaired) electrons. The van der Waals surface area contributed by atoms with E-state index in [9.17, 15) is 0 Å². The maximum Gasteiger partial charge on any atom is 0.463 e. The van der Waals surface area contributed by atoms with Crippen molar-refractivity contribution in [3.8, 4) is 11.5 Å². The van der Waals surface area contributed by atoms with Gasteiger partial charge in [-0.1, -0.05) is 201 Å². The predicted molar refractivity (Wildman–Crippen MR) is 234 cm³/mol. The number of fused-ring (bicyclic) bond motifs is 2. The molecule has 56 heavy (non-hydrogen) atoms. The van der Waals surface area contributed by atoms with Crippen molar-refractivity contribution in [1.29, 1.82) is 0 Å². The highest BCUT2D eigenvalue weighted by atomic mass is 31.2. The van der Waals surface area contributed by atoms with Gasteiger partial charge in [-0.3, -0.25) is 4.52 Å². The van der Waals surface area contributed by atoms with Crippen molar-refractivity contribution < 1.29 is 13.6 Å². The van der Waals surface area contributed by atoms with Crippen LogP contribution in [0.4, 0.5) is 0 Å². The molecule has 0 amide bonds. The molecule has 1 heterocycles. The highest BCUT2D eigenvalue weighted by Crippen LogP contribution is 2.55. The molecule has 0 unspecified atom stereocenters. The minimum atomic E-state index is -1.86. The van der Waals surface area contributed by atoms with Crippen LogP contribution in [0.3, 0.4) is 0 Å². The summed E-state index contributed by atoms with van der Waals surface area (Å²) in [5.41, 5.74) is 10.6. The third-order valence-corrected chi connectivity index (χ3v) is 13.4. The van der Waals surface area contributed by atoms with Crippen LogP contribution in [-0.2, 0) is 32.6 Å². The first kappa shape index (κ1) is 39.5. The minimum Gasteiger partial charge on any atom is -0.417 e. The summed E-state index contributed by atoms with van der Waals surface area (Å²) in [6.07, 6.45) is 0.513. The maximum absolute atomic E-state index is 7.18. The Morgan fingerprint density at radius 3 is 1.04 bits per heavy atom. The molecule has 1 aliphatic rings. The lowest BCUT2D eigenvalue weighted by Gasteiger charge is -2.37. The van der Waals surface area contributed by atoms with Crippen molar-refractivity contribution in [2.24, 2.45) is 0 Å². The summed E-state index contributed by atoms with van der Waals surface area (Å²) in [6.45, 7) is 22.7. The number of benzene rings is 6. The molecule has 7 rings (SSSR count). The third-order valence-electron chi connectivity index (χ3n) is 12.1. The van der Waals surface area contributed by atoms with Crippen molar-refractivity contribution in [2.75, 3.05) is 0 Å². The smallest absolute Gasteiger partial charge is 0.417 e. The first-order valence-electron chi connectivity index (χ1n) is 20.0. The molecule has 0 fully saturated rings. The SMILES string of the molecule is CC(C)OP1Oc2c(cc(C(C)(C)c3ccccc3)cc2C(C)(C)c2ccccc2)Cc2cc(C(C)(C)c3ccccc3)cc(C(C)(C)c3ccccc3)c2O1. The second kappa shape index (κ2) is 15.3. The van der Waals surface area contributed by atoms with Crippen molar-refractivity contribution in [3.05, 3.63) is 201 Å². The Balaban J connectivity index is 1.54. The van der Waals surface area contributed by atoms with E-state index in [4.69, 9.17) is 13.6 Å². The average molecular weight is 761 g/mol. The topological polar surface area (TPSA) is 27.7 Å². The van der Waals surface area contributed by atoms with Crippen molar-refractivity contribution >= 4 is 8.60 Å². The van der Waals surface area contributed by atoms with E-state index in [1.807, 2.05) is 0 Å². The standard InChI is InChI=1S/C52H57O3P/c1-36(2)53-56-54-47-37(32-43(49(3,4)39-23-15-11-16-24-39)34-45(47)51(7,8)41-27-19-13-20-28-41)31-38-33-44(50(5,6)40-25-17-12-18-26-40)35-46(48(38)55-56)52(9,10)42-29-21-14-22-30-42/h11-30,32-36H,31H2,1-10H3. The molecular weight excluding hydrogens is 704 g/mol. The highest BCUT2D eigenvalue weighted by molar-refractivity contribution is 7.42. The Labute approximate surface area is 337 Å². The first-order chi connectivity index (χ1) is 26.6. The monoisotopic (exact) mass is 760 g/mol. The molecule has 0 aromatic heterocycles. The number of rotatable bonds is 10. The number of hydrogen-bond donors (Lipinski definition) is 0.